The molecular formula is C15H32N2. The van der Waals surface area contributed by atoms with Crippen LogP contribution in [0.1, 0.15) is 59.8 Å². The SMILES string of the molecule is CCNC(C)CCCN(CCC(C)C)C1CC1. The predicted molar refractivity (Wildman–Crippen MR) is 76.4 cm³/mol. The van der Waals surface area contributed by atoms with Gasteiger partial charge < -0.3 is 10.2 Å². The Hall–Kier alpha value is -0.0800. The molecule has 17 heavy (non-hydrogen) atoms. The van der Waals surface area contributed by atoms with E-state index in [-0.39, 0.29) is 0 Å². The molecule has 0 heterocycles. The van der Waals surface area contributed by atoms with Crippen molar-refractivity contribution in [2.45, 2.75) is 71.9 Å². The van der Waals surface area contributed by atoms with Gasteiger partial charge in [0.1, 0.15) is 0 Å². The molecule has 0 spiro atoms. The molecule has 1 aliphatic rings. The van der Waals surface area contributed by atoms with E-state index in [2.05, 4.69) is 37.9 Å². The number of nitrogens with one attached hydrogen (secondary N) is 1. The van der Waals surface area contributed by atoms with Gasteiger partial charge in [-0.1, -0.05) is 20.8 Å². The van der Waals surface area contributed by atoms with Crippen LogP contribution in [0.3, 0.4) is 0 Å². The second-order valence-corrected chi connectivity index (χ2v) is 6.05. The summed E-state index contributed by atoms with van der Waals surface area (Å²) in [7, 11) is 0. The molecule has 1 N–H and O–H groups in total. The first kappa shape index (κ1) is 15.0. The van der Waals surface area contributed by atoms with E-state index in [9.17, 15) is 0 Å². The van der Waals surface area contributed by atoms with Crippen LogP contribution in [0.15, 0.2) is 0 Å². The standard InChI is InChI=1S/C15H32N2/c1-5-16-14(4)7-6-11-17(15-8-9-15)12-10-13(2)3/h13-16H,5-12H2,1-4H3. The van der Waals surface area contributed by atoms with Gasteiger partial charge in [-0.3, -0.25) is 0 Å². The molecule has 1 fully saturated rings. The smallest absolute Gasteiger partial charge is 0.00964 e. The van der Waals surface area contributed by atoms with Gasteiger partial charge in [0.2, 0.25) is 0 Å². The van der Waals surface area contributed by atoms with E-state index in [1.54, 1.807) is 0 Å². The molecule has 0 aromatic carbocycles. The fraction of sp³-hybridized carbons (Fsp3) is 1.00. The van der Waals surface area contributed by atoms with Crippen LogP contribution in [0.5, 0.6) is 0 Å². The summed E-state index contributed by atoms with van der Waals surface area (Å²) in [6.07, 6.45) is 6.92. The monoisotopic (exact) mass is 240 g/mol. The number of hydrogen-bond acceptors (Lipinski definition) is 2. The van der Waals surface area contributed by atoms with Gasteiger partial charge in [-0.05, 0) is 64.6 Å². The molecule has 2 heteroatoms. The first-order valence-electron chi connectivity index (χ1n) is 7.61. The largest absolute Gasteiger partial charge is 0.315 e. The predicted octanol–water partition coefficient (Wildman–Crippen LogP) is 3.28. The quantitative estimate of drug-likeness (QED) is 0.630. The third kappa shape index (κ3) is 7.05. The molecule has 1 aliphatic carbocycles. The average Bonchev–Trinajstić information content (AvgIpc) is 3.07. The highest BCUT2D eigenvalue weighted by Crippen LogP contribution is 2.27. The summed E-state index contributed by atoms with van der Waals surface area (Å²) in [6.45, 7) is 12.9. The van der Waals surface area contributed by atoms with Gasteiger partial charge in [0.25, 0.3) is 0 Å². The molecule has 0 aromatic rings. The Morgan fingerprint density at radius 3 is 2.35 bits per heavy atom. The molecule has 0 amide bonds. The zero-order valence-corrected chi connectivity index (χ0v) is 12.3. The fourth-order valence-electron chi connectivity index (χ4n) is 2.39. The first-order valence-corrected chi connectivity index (χ1v) is 7.61. The minimum absolute atomic E-state index is 0.686. The van der Waals surface area contributed by atoms with Crippen molar-refractivity contribution in [3.8, 4) is 0 Å². The molecule has 1 unspecified atom stereocenters. The van der Waals surface area contributed by atoms with E-state index in [4.69, 9.17) is 0 Å². The van der Waals surface area contributed by atoms with Crippen LogP contribution >= 0.6 is 0 Å². The number of rotatable bonds is 10. The molecule has 0 aromatic heterocycles. The Morgan fingerprint density at radius 2 is 1.82 bits per heavy atom. The van der Waals surface area contributed by atoms with Crippen molar-refractivity contribution in [3.05, 3.63) is 0 Å². The van der Waals surface area contributed by atoms with Gasteiger partial charge in [0.05, 0.1) is 0 Å². The van der Waals surface area contributed by atoms with E-state index < -0.39 is 0 Å². The average molecular weight is 240 g/mol. The Bertz CT molecular complexity index is 187. The zero-order valence-electron chi connectivity index (χ0n) is 12.3. The molecule has 0 bridgehead atoms. The normalized spacial score (nSPS) is 18.0. The van der Waals surface area contributed by atoms with E-state index in [0.717, 1.165) is 18.5 Å². The third-order valence-corrected chi connectivity index (χ3v) is 3.69. The highest BCUT2D eigenvalue weighted by atomic mass is 15.2. The maximum absolute atomic E-state index is 3.50. The van der Waals surface area contributed by atoms with Gasteiger partial charge in [0.15, 0.2) is 0 Å². The summed E-state index contributed by atoms with van der Waals surface area (Å²) in [6, 6.07) is 1.62. The zero-order chi connectivity index (χ0) is 12.7. The lowest BCUT2D eigenvalue weighted by Crippen LogP contribution is -2.31. The summed E-state index contributed by atoms with van der Waals surface area (Å²) in [5, 5.41) is 3.50. The fourth-order valence-corrected chi connectivity index (χ4v) is 2.39. The van der Waals surface area contributed by atoms with E-state index in [1.165, 1.54) is 45.2 Å². The van der Waals surface area contributed by atoms with Gasteiger partial charge in [0, 0.05) is 12.1 Å². The van der Waals surface area contributed by atoms with Crippen LogP contribution in [0.25, 0.3) is 0 Å². The Kier molecular flexibility index (Phi) is 7.14. The van der Waals surface area contributed by atoms with Gasteiger partial charge in [-0.15, -0.1) is 0 Å². The lowest BCUT2D eigenvalue weighted by Gasteiger charge is -2.23. The molecule has 1 saturated carbocycles. The lowest BCUT2D eigenvalue weighted by molar-refractivity contribution is 0.239. The van der Waals surface area contributed by atoms with Gasteiger partial charge in [-0.25, -0.2) is 0 Å². The van der Waals surface area contributed by atoms with Gasteiger partial charge >= 0.3 is 0 Å². The molecule has 0 aliphatic heterocycles. The van der Waals surface area contributed by atoms with E-state index in [0.29, 0.717) is 6.04 Å². The van der Waals surface area contributed by atoms with Crippen LogP contribution in [-0.4, -0.2) is 36.6 Å². The summed E-state index contributed by atoms with van der Waals surface area (Å²) >= 11 is 0. The Balaban J connectivity index is 2.11. The van der Waals surface area contributed by atoms with Crippen molar-refractivity contribution in [2.75, 3.05) is 19.6 Å². The van der Waals surface area contributed by atoms with Crippen molar-refractivity contribution in [3.63, 3.8) is 0 Å². The summed E-state index contributed by atoms with van der Waals surface area (Å²) in [5.74, 6) is 0.844. The number of nitrogens with zero attached hydrogens (tertiary/aromatic N) is 1. The van der Waals surface area contributed by atoms with Crippen LogP contribution in [-0.2, 0) is 0 Å². The Morgan fingerprint density at radius 1 is 1.12 bits per heavy atom. The summed E-state index contributed by atoms with van der Waals surface area (Å²) < 4.78 is 0. The topological polar surface area (TPSA) is 15.3 Å². The summed E-state index contributed by atoms with van der Waals surface area (Å²) in [4.78, 5) is 2.73. The van der Waals surface area contributed by atoms with E-state index >= 15 is 0 Å². The number of hydrogen-bond donors (Lipinski definition) is 1. The van der Waals surface area contributed by atoms with Gasteiger partial charge in [-0.2, -0.15) is 0 Å². The van der Waals surface area contributed by atoms with E-state index in [1.807, 2.05) is 0 Å². The van der Waals surface area contributed by atoms with Crippen LogP contribution in [0.2, 0.25) is 0 Å². The first-order chi connectivity index (χ1) is 8.13. The highest BCUT2D eigenvalue weighted by molar-refractivity contribution is 4.84. The second-order valence-electron chi connectivity index (χ2n) is 6.05. The van der Waals surface area contributed by atoms with Crippen molar-refractivity contribution in [1.82, 2.24) is 10.2 Å². The van der Waals surface area contributed by atoms with Crippen molar-refractivity contribution >= 4 is 0 Å². The molecule has 2 nitrogen and oxygen atoms in total. The minimum Gasteiger partial charge on any atom is -0.315 e. The summed E-state index contributed by atoms with van der Waals surface area (Å²) in [5.41, 5.74) is 0. The van der Waals surface area contributed by atoms with Crippen LogP contribution in [0.4, 0.5) is 0 Å². The lowest BCUT2D eigenvalue weighted by atomic mass is 10.1. The van der Waals surface area contributed by atoms with Crippen molar-refractivity contribution in [2.24, 2.45) is 5.92 Å². The maximum atomic E-state index is 3.50. The molecule has 1 atom stereocenters. The van der Waals surface area contributed by atoms with Crippen LogP contribution < -0.4 is 5.32 Å². The second kappa shape index (κ2) is 8.10. The van der Waals surface area contributed by atoms with Crippen LogP contribution in [0, 0.1) is 5.92 Å². The molecule has 0 saturated heterocycles. The molecule has 102 valence electrons. The Labute approximate surface area is 108 Å². The highest BCUT2D eigenvalue weighted by Gasteiger charge is 2.28. The molecule has 0 radical (unpaired) electrons. The minimum atomic E-state index is 0.686. The molecule has 1 rings (SSSR count). The maximum Gasteiger partial charge on any atom is 0.00964 e. The third-order valence-electron chi connectivity index (χ3n) is 3.69. The van der Waals surface area contributed by atoms with Crippen molar-refractivity contribution < 1.29 is 0 Å². The molecular weight excluding hydrogens is 208 g/mol. The van der Waals surface area contributed by atoms with Crippen molar-refractivity contribution in [1.29, 1.82) is 0 Å².